The van der Waals surface area contributed by atoms with Crippen LogP contribution in [0, 0.1) is 0 Å². The van der Waals surface area contributed by atoms with Crippen molar-refractivity contribution in [3.63, 3.8) is 0 Å². The molecular weight excluding hydrogens is 289 g/mol. The van der Waals surface area contributed by atoms with Crippen LogP contribution in [0.4, 0.5) is 5.69 Å². The van der Waals surface area contributed by atoms with Gasteiger partial charge in [-0.3, -0.25) is 4.79 Å². The summed E-state index contributed by atoms with van der Waals surface area (Å²) in [6, 6.07) is 4.64. The highest BCUT2D eigenvalue weighted by molar-refractivity contribution is 6.35. The molecule has 0 bridgehead atoms. The Morgan fingerprint density at radius 3 is 2.32 bits per heavy atom. The maximum absolute atomic E-state index is 11.5. The van der Waals surface area contributed by atoms with Gasteiger partial charge >= 0.3 is 5.97 Å². The van der Waals surface area contributed by atoms with E-state index in [1.165, 1.54) is 6.08 Å². The number of anilines is 1. The molecule has 6 heteroatoms. The van der Waals surface area contributed by atoms with Crippen LogP contribution in [-0.4, -0.2) is 18.5 Å². The molecule has 1 amide bonds. The molecule has 0 aliphatic heterocycles. The van der Waals surface area contributed by atoms with Gasteiger partial charge in [-0.25, -0.2) is 4.79 Å². The summed E-state index contributed by atoms with van der Waals surface area (Å²) in [7, 11) is 0. The highest BCUT2D eigenvalue weighted by atomic mass is 35.5. The number of rotatable bonds is 4. The number of carbonyl (C=O) groups is 2. The summed E-state index contributed by atoms with van der Waals surface area (Å²) < 4.78 is 4.75. The first kappa shape index (κ1) is 15.5. The van der Waals surface area contributed by atoms with E-state index in [2.05, 4.69) is 5.32 Å². The van der Waals surface area contributed by atoms with Gasteiger partial charge in [0.05, 0.1) is 0 Å². The summed E-state index contributed by atoms with van der Waals surface area (Å²) in [5.41, 5.74) is 1.24. The number of halogens is 2. The summed E-state index contributed by atoms with van der Waals surface area (Å²) >= 11 is 11.6. The normalized spacial score (nSPS) is 9.68. The van der Waals surface area contributed by atoms with Crippen molar-refractivity contribution in [1.82, 2.24) is 0 Å². The van der Waals surface area contributed by atoms with E-state index in [0.29, 0.717) is 15.7 Å². The summed E-state index contributed by atoms with van der Waals surface area (Å²) in [5, 5.41) is 3.34. The SMILES string of the molecule is CC(C)=CC(=O)OCC(=O)Nc1cc(Cl)cc(Cl)c1. The van der Waals surface area contributed by atoms with E-state index in [9.17, 15) is 9.59 Å². The Kier molecular flexibility index (Phi) is 5.86. The molecule has 0 radical (unpaired) electrons. The van der Waals surface area contributed by atoms with Crippen molar-refractivity contribution in [3.05, 3.63) is 39.9 Å². The second-order valence-electron chi connectivity index (χ2n) is 4.04. The monoisotopic (exact) mass is 301 g/mol. The predicted molar refractivity (Wildman–Crippen MR) is 75.5 cm³/mol. The van der Waals surface area contributed by atoms with Crippen molar-refractivity contribution < 1.29 is 14.3 Å². The van der Waals surface area contributed by atoms with Gasteiger partial charge in [-0.05, 0) is 32.0 Å². The molecule has 0 aromatic heterocycles. The third-order valence-electron chi connectivity index (χ3n) is 1.90. The topological polar surface area (TPSA) is 55.4 Å². The number of nitrogens with one attached hydrogen (secondary N) is 1. The number of ether oxygens (including phenoxy) is 1. The largest absolute Gasteiger partial charge is 0.452 e. The molecule has 19 heavy (non-hydrogen) atoms. The van der Waals surface area contributed by atoms with E-state index in [4.69, 9.17) is 27.9 Å². The van der Waals surface area contributed by atoms with Gasteiger partial charge in [-0.1, -0.05) is 28.8 Å². The van der Waals surface area contributed by atoms with E-state index >= 15 is 0 Å². The predicted octanol–water partition coefficient (Wildman–Crippen LogP) is 3.44. The summed E-state index contributed by atoms with van der Waals surface area (Å²) in [6.07, 6.45) is 1.31. The number of hydrogen-bond donors (Lipinski definition) is 1. The van der Waals surface area contributed by atoms with Crippen LogP contribution in [0.25, 0.3) is 0 Å². The van der Waals surface area contributed by atoms with Gasteiger partial charge in [0, 0.05) is 21.8 Å². The van der Waals surface area contributed by atoms with Crippen molar-refractivity contribution in [2.24, 2.45) is 0 Å². The van der Waals surface area contributed by atoms with Gasteiger partial charge in [0.2, 0.25) is 0 Å². The van der Waals surface area contributed by atoms with Crippen LogP contribution in [0.3, 0.4) is 0 Å². The zero-order valence-corrected chi connectivity index (χ0v) is 12.0. The lowest BCUT2D eigenvalue weighted by Crippen LogP contribution is -2.20. The van der Waals surface area contributed by atoms with Crippen LogP contribution in [0.15, 0.2) is 29.8 Å². The minimum Gasteiger partial charge on any atom is -0.452 e. The maximum Gasteiger partial charge on any atom is 0.331 e. The van der Waals surface area contributed by atoms with Crippen molar-refractivity contribution in [2.75, 3.05) is 11.9 Å². The highest BCUT2D eigenvalue weighted by Crippen LogP contribution is 2.22. The van der Waals surface area contributed by atoms with E-state index in [-0.39, 0.29) is 6.61 Å². The summed E-state index contributed by atoms with van der Waals surface area (Å²) in [6.45, 7) is 3.15. The van der Waals surface area contributed by atoms with E-state index in [1.54, 1.807) is 32.0 Å². The number of allylic oxidation sites excluding steroid dienone is 1. The molecule has 1 aromatic rings. The van der Waals surface area contributed by atoms with E-state index in [0.717, 1.165) is 5.57 Å². The molecule has 0 fully saturated rings. The number of carbonyl (C=O) groups excluding carboxylic acids is 2. The van der Waals surface area contributed by atoms with Crippen LogP contribution >= 0.6 is 23.2 Å². The molecule has 4 nitrogen and oxygen atoms in total. The highest BCUT2D eigenvalue weighted by Gasteiger charge is 2.07. The summed E-state index contributed by atoms with van der Waals surface area (Å²) in [4.78, 5) is 22.7. The van der Waals surface area contributed by atoms with E-state index < -0.39 is 11.9 Å². The van der Waals surface area contributed by atoms with Gasteiger partial charge in [0.25, 0.3) is 5.91 Å². The van der Waals surface area contributed by atoms with E-state index in [1.807, 2.05) is 0 Å². The molecular formula is C13H13Cl2NO3. The van der Waals surface area contributed by atoms with Crippen molar-refractivity contribution in [3.8, 4) is 0 Å². The molecule has 0 aliphatic carbocycles. The number of benzene rings is 1. The van der Waals surface area contributed by atoms with Gasteiger partial charge in [0.1, 0.15) is 0 Å². The maximum atomic E-state index is 11.5. The average molecular weight is 302 g/mol. The molecule has 0 atom stereocenters. The lowest BCUT2D eigenvalue weighted by atomic mass is 10.3. The zero-order valence-electron chi connectivity index (χ0n) is 10.5. The fourth-order valence-corrected chi connectivity index (χ4v) is 1.76. The number of esters is 1. The van der Waals surface area contributed by atoms with Crippen LogP contribution in [-0.2, 0) is 14.3 Å². The first-order valence-corrected chi connectivity index (χ1v) is 6.20. The molecule has 1 aromatic carbocycles. The van der Waals surface area contributed by atoms with Gasteiger partial charge < -0.3 is 10.1 Å². The fourth-order valence-electron chi connectivity index (χ4n) is 1.24. The number of hydrogen-bond acceptors (Lipinski definition) is 3. The molecule has 0 unspecified atom stereocenters. The molecule has 102 valence electrons. The second kappa shape index (κ2) is 7.16. The standard InChI is InChI=1S/C13H13Cl2NO3/c1-8(2)3-13(18)19-7-12(17)16-11-5-9(14)4-10(15)6-11/h3-6H,7H2,1-2H3,(H,16,17). The molecule has 0 saturated carbocycles. The quantitative estimate of drug-likeness (QED) is 0.684. The lowest BCUT2D eigenvalue weighted by molar-refractivity contribution is -0.142. The third-order valence-corrected chi connectivity index (χ3v) is 2.33. The fraction of sp³-hybridized carbons (Fsp3) is 0.231. The minimum absolute atomic E-state index is 0.368. The van der Waals surface area contributed by atoms with Crippen LogP contribution in [0.5, 0.6) is 0 Å². The average Bonchev–Trinajstić information content (AvgIpc) is 2.23. The first-order valence-electron chi connectivity index (χ1n) is 5.44. The number of amides is 1. The molecule has 0 heterocycles. The summed E-state index contributed by atoms with van der Waals surface area (Å²) in [5.74, 6) is -1.02. The lowest BCUT2D eigenvalue weighted by Gasteiger charge is -2.06. The van der Waals surface area contributed by atoms with Crippen molar-refractivity contribution in [2.45, 2.75) is 13.8 Å². The Morgan fingerprint density at radius 2 is 1.79 bits per heavy atom. The first-order chi connectivity index (χ1) is 8.86. The third kappa shape index (κ3) is 6.27. The Morgan fingerprint density at radius 1 is 1.21 bits per heavy atom. The molecule has 1 N–H and O–H groups in total. The Bertz CT molecular complexity index is 502. The molecule has 0 saturated heterocycles. The second-order valence-corrected chi connectivity index (χ2v) is 4.91. The van der Waals surface area contributed by atoms with Crippen LogP contribution in [0.1, 0.15) is 13.8 Å². The smallest absolute Gasteiger partial charge is 0.331 e. The Hall–Kier alpha value is -1.52. The molecule has 0 aliphatic rings. The van der Waals surface area contributed by atoms with Gasteiger partial charge in [-0.15, -0.1) is 0 Å². The molecule has 0 spiro atoms. The Labute approximate surface area is 121 Å². The minimum atomic E-state index is -0.556. The van der Waals surface area contributed by atoms with Crippen molar-refractivity contribution in [1.29, 1.82) is 0 Å². The zero-order chi connectivity index (χ0) is 14.4. The van der Waals surface area contributed by atoms with Crippen LogP contribution in [0.2, 0.25) is 10.0 Å². The van der Waals surface area contributed by atoms with Crippen LogP contribution < -0.4 is 5.32 Å². The molecule has 1 rings (SSSR count). The Balaban J connectivity index is 2.52. The van der Waals surface area contributed by atoms with Crippen molar-refractivity contribution >= 4 is 40.8 Å². The van der Waals surface area contributed by atoms with Gasteiger partial charge in [-0.2, -0.15) is 0 Å². The van der Waals surface area contributed by atoms with Gasteiger partial charge in [0.15, 0.2) is 6.61 Å².